The molecular formula is C19H17N3O5. The van der Waals surface area contributed by atoms with E-state index in [-0.39, 0.29) is 17.2 Å². The number of benzene rings is 1. The van der Waals surface area contributed by atoms with Crippen LogP contribution in [0, 0.1) is 6.92 Å². The first-order valence-electron chi connectivity index (χ1n) is 8.15. The Bertz CT molecular complexity index is 1040. The van der Waals surface area contributed by atoms with Crippen molar-refractivity contribution in [2.45, 2.75) is 20.0 Å². The summed E-state index contributed by atoms with van der Waals surface area (Å²) in [5.74, 6) is -2.11. The highest BCUT2D eigenvalue weighted by Gasteiger charge is 2.28. The maximum Gasteiger partial charge on any atom is 0.360 e. The fourth-order valence-corrected chi connectivity index (χ4v) is 2.80. The van der Waals surface area contributed by atoms with Crippen LogP contribution in [0.5, 0.6) is 0 Å². The van der Waals surface area contributed by atoms with Gasteiger partial charge in [-0.25, -0.2) is 19.6 Å². The van der Waals surface area contributed by atoms with Crippen molar-refractivity contribution in [1.29, 1.82) is 0 Å². The lowest BCUT2D eigenvalue weighted by molar-refractivity contribution is 0.0306. The van der Waals surface area contributed by atoms with E-state index >= 15 is 0 Å². The lowest BCUT2D eigenvalue weighted by Crippen LogP contribution is -2.26. The third kappa shape index (κ3) is 3.41. The van der Waals surface area contributed by atoms with Gasteiger partial charge in [-0.15, -0.1) is 0 Å². The number of hydrogen-bond acceptors (Lipinski definition) is 7. The van der Waals surface area contributed by atoms with Gasteiger partial charge in [0.15, 0.2) is 17.5 Å². The minimum Gasteiger partial charge on any atom is -0.464 e. The maximum absolute atomic E-state index is 12.9. The minimum atomic E-state index is -1.08. The van der Waals surface area contributed by atoms with Gasteiger partial charge in [0, 0.05) is 34.6 Å². The van der Waals surface area contributed by atoms with Crippen LogP contribution in [-0.2, 0) is 9.47 Å². The molecule has 0 spiro atoms. The molecule has 138 valence electrons. The van der Waals surface area contributed by atoms with Crippen molar-refractivity contribution in [3.8, 4) is 0 Å². The Kier molecular flexibility index (Phi) is 4.98. The van der Waals surface area contributed by atoms with E-state index in [0.29, 0.717) is 11.3 Å². The number of ketones is 1. The first-order chi connectivity index (χ1) is 12.9. The summed E-state index contributed by atoms with van der Waals surface area (Å²) in [6, 6.07) is 7.36. The predicted molar refractivity (Wildman–Crippen MR) is 95.6 cm³/mol. The number of methoxy groups -OCH3 is 1. The summed E-state index contributed by atoms with van der Waals surface area (Å²) in [5.41, 5.74) is 1.38. The van der Waals surface area contributed by atoms with Gasteiger partial charge in [-0.3, -0.25) is 4.79 Å². The molecule has 2 aromatic heterocycles. The van der Waals surface area contributed by atoms with Crippen LogP contribution < -0.4 is 0 Å². The molecular weight excluding hydrogens is 350 g/mol. The van der Waals surface area contributed by atoms with Crippen molar-refractivity contribution in [3.63, 3.8) is 0 Å². The lowest BCUT2D eigenvalue weighted by Gasteiger charge is -2.13. The molecule has 0 aliphatic rings. The van der Waals surface area contributed by atoms with Crippen LogP contribution in [0.3, 0.4) is 0 Å². The molecule has 3 rings (SSSR count). The summed E-state index contributed by atoms with van der Waals surface area (Å²) in [4.78, 5) is 47.8. The lowest BCUT2D eigenvalue weighted by atomic mass is 10.0. The zero-order valence-corrected chi connectivity index (χ0v) is 15.0. The van der Waals surface area contributed by atoms with Gasteiger partial charge in [0.1, 0.15) is 0 Å². The molecule has 2 heterocycles. The molecule has 3 aromatic rings. The summed E-state index contributed by atoms with van der Waals surface area (Å²) in [6.45, 7) is 3.25. The van der Waals surface area contributed by atoms with Crippen LogP contribution in [0.4, 0.5) is 0 Å². The monoisotopic (exact) mass is 367 g/mol. The number of rotatable bonds is 5. The number of ether oxygens (including phenoxy) is 2. The molecule has 8 heteroatoms. The van der Waals surface area contributed by atoms with Crippen LogP contribution in [-0.4, -0.2) is 45.9 Å². The molecule has 0 bridgehead atoms. The summed E-state index contributed by atoms with van der Waals surface area (Å²) >= 11 is 0. The predicted octanol–water partition coefficient (Wildman–Crippen LogP) is 2.48. The summed E-state index contributed by atoms with van der Waals surface area (Å²) in [5, 5.41) is 0.748. The Hall–Kier alpha value is -3.55. The van der Waals surface area contributed by atoms with Crippen molar-refractivity contribution in [2.75, 3.05) is 7.11 Å². The number of Topliss-reactive ketones (excluding diaryl/α,β-unsaturated/α-hetero) is 1. The fourth-order valence-electron chi connectivity index (χ4n) is 2.80. The highest BCUT2D eigenvalue weighted by atomic mass is 16.5. The second-order valence-corrected chi connectivity index (χ2v) is 5.83. The van der Waals surface area contributed by atoms with Crippen molar-refractivity contribution in [2.24, 2.45) is 0 Å². The molecule has 0 saturated heterocycles. The Morgan fingerprint density at radius 2 is 1.67 bits per heavy atom. The highest BCUT2D eigenvalue weighted by Crippen LogP contribution is 2.24. The topological polar surface area (TPSA) is 111 Å². The second kappa shape index (κ2) is 7.36. The smallest absolute Gasteiger partial charge is 0.360 e. The summed E-state index contributed by atoms with van der Waals surface area (Å²) in [6.07, 6.45) is 1.43. The number of hydrogen-bond donors (Lipinski definition) is 1. The Labute approximate surface area is 154 Å². The average molecular weight is 367 g/mol. The Balaban J connectivity index is 1.86. The highest BCUT2D eigenvalue weighted by molar-refractivity contribution is 6.12. The molecule has 0 saturated carbocycles. The van der Waals surface area contributed by atoms with Gasteiger partial charge in [-0.05, 0) is 19.9 Å². The van der Waals surface area contributed by atoms with Crippen LogP contribution >= 0.6 is 0 Å². The fraction of sp³-hybridized carbons (Fsp3) is 0.211. The van der Waals surface area contributed by atoms with E-state index in [1.165, 1.54) is 19.3 Å². The van der Waals surface area contributed by atoms with Crippen LogP contribution in [0.2, 0.25) is 0 Å². The van der Waals surface area contributed by atoms with Gasteiger partial charge < -0.3 is 14.5 Å². The number of fused-ring (bicyclic) bond motifs is 1. The van der Waals surface area contributed by atoms with E-state index in [1.54, 1.807) is 6.92 Å². The van der Waals surface area contributed by atoms with E-state index in [0.717, 1.165) is 18.0 Å². The van der Waals surface area contributed by atoms with Gasteiger partial charge in [-0.2, -0.15) is 0 Å². The molecule has 0 aliphatic carbocycles. The van der Waals surface area contributed by atoms with E-state index < -0.39 is 18.0 Å². The van der Waals surface area contributed by atoms with E-state index in [2.05, 4.69) is 19.7 Å². The molecule has 1 aromatic carbocycles. The molecule has 0 fully saturated rings. The second-order valence-electron chi connectivity index (χ2n) is 5.83. The van der Waals surface area contributed by atoms with Crippen molar-refractivity contribution < 1.29 is 23.9 Å². The van der Waals surface area contributed by atoms with Gasteiger partial charge >= 0.3 is 11.9 Å². The van der Waals surface area contributed by atoms with Gasteiger partial charge in [-0.1, -0.05) is 18.2 Å². The summed E-state index contributed by atoms with van der Waals surface area (Å²) in [7, 11) is 1.16. The van der Waals surface area contributed by atoms with Crippen molar-refractivity contribution in [3.05, 3.63) is 59.3 Å². The van der Waals surface area contributed by atoms with E-state index in [4.69, 9.17) is 4.74 Å². The third-order valence-corrected chi connectivity index (χ3v) is 4.06. The number of aromatic amines is 1. The number of nitrogens with one attached hydrogen (secondary N) is 1. The molecule has 27 heavy (non-hydrogen) atoms. The quantitative estimate of drug-likeness (QED) is 0.545. The van der Waals surface area contributed by atoms with Crippen molar-refractivity contribution in [1.82, 2.24) is 15.0 Å². The first kappa shape index (κ1) is 18.2. The maximum atomic E-state index is 12.9. The summed E-state index contributed by atoms with van der Waals surface area (Å²) < 4.78 is 9.83. The van der Waals surface area contributed by atoms with E-state index in [9.17, 15) is 14.4 Å². The molecule has 0 radical (unpaired) electrons. The minimum absolute atomic E-state index is 0.270. The molecule has 1 N–H and O–H groups in total. The molecule has 1 unspecified atom stereocenters. The van der Waals surface area contributed by atoms with E-state index in [1.807, 2.05) is 24.3 Å². The Morgan fingerprint density at radius 1 is 1.04 bits per heavy atom. The number of carbonyl (C=O) groups excluding carboxylic acids is 3. The molecule has 8 nitrogen and oxygen atoms in total. The Morgan fingerprint density at radius 3 is 2.33 bits per heavy atom. The molecule has 0 aliphatic heterocycles. The first-order valence-corrected chi connectivity index (χ1v) is 8.15. The SMILES string of the molecule is COC(=O)c1nccnc1C(=O)OC(C)C(=O)c1c(C)[nH]c2ccccc12. The average Bonchev–Trinajstić information content (AvgIpc) is 3.02. The number of carbonyl (C=O) groups is 3. The zero-order chi connectivity index (χ0) is 19.6. The van der Waals surface area contributed by atoms with Crippen molar-refractivity contribution >= 4 is 28.6 Å². The van der Waals surface area contributed by atoms with Gasteiger partial charge in [0.05, 0.1) is 7.11 Å². The van der Waals surface area contributed by atoms with Crippen LogP contribution in [0.15, 0.2) is 36.7 Å². The third-order valence-electron chi connectivity index (χ3n) is 4.06. The number of esters is 2. The number of H-pyrrole nitrogens is 1. The number of aromatic nitrogens is 3. The number of para-hydroxylation sites is 1. The standard InChI is InChI=1S/C19H17N3O5/c1-10-14(12-6-4-5-7-13(12)22-10)17(23)11(2)27-19(25)16-15(18(24)26-3)20-8-9-21-16/h4-9,11,22H,1-3H3. The number of aryl methyl sites for hydroxylation is 1. The molecule has 1 atom stereocenters. The zero-order valence-electron chi connectivity index (χ0n) is 15.0. The number of nitrogens with zero attached hydrogens (tertiary/aromatic N) is 2. The normalized spacial score (nSPS) is 11.8. The van der Waals surface area contributed by atoms with Gasteiger partial charge in [0.25, 0.3) is 0 Å². The van der Waals surface area contributed by atoms with Gasteiger partial charge in [0.2, 0.25) is 5.78 Å². The largest absolute Gasteiger partial charge is 0.464 e. The van der Waals surface area contributed by atoms with Crippen LogP contribution in [0.1, 0.15) is 44.0 Å². The molecule has 0 amide bonds. The van der Waals surface area contributed by atoms with Crippen LogP contribution in [0.25, 0.3) is 10.9 Å².